The average Bonchev–Trinajstić information content (AvgIpc) is 3.87. The standard InChI is InChI=1S/C53H31N3OS/c1-3-12-34(13-4-1)50-43-29-28-41-40-19-11-18-37(51(40)58-52(41)49(43)42-17-7-9-20-44(42)54-50)32-22-24-33(25-23-32)45-31-46(56-53(55-45)35-14-5-2-6-15-35)36-26-27-39-38-16-8-10-21-47(38)57-48(39)30-36/h1-31H. The van der Waals surface area contributed by atoms with Gasteiger partial charge in [-0.15, -0.1) is 11.3 Å². The number of thiophene rings is 1. The number of furan rings is 1. The molecule has 4 heterocycles. The molecular weight excluding hydrogens is 727 g/mol. The first-order valence-corrected chi connectivity index (χ1v) is 20.2. The zero-order valence-electron chi connectivity index (χ0n) is 31.1. The molecule has 0 bridgehead atoms. The monoisotopic (exact) mass is 757 g/mol. The van der Waals surface area contributed by atoms with Crippen LogP contribution in [0.15, 0.2) is 192 Å². The van der Waals surface area contributed by atoms with E-state index in [1.807, 2.05) is 47.7 Å². The molecule has 0 fully saturated rings. The Labute approximate surface area is 337 Å². The third-order valence-corrected chi connectivity index (χ3v) is 12.6. The largest absolute Gasteiger partial charge is 0.456 e. The Kier molecular flexibility index (Phi) is 7.37. The Hall–Kier alpha value is -7.47. The molecule has 0 aliphatic heterocycles. The van der Waals surface area contributed by atoms with E-state index in [1.54, 1.807) is 0 Å². The molecule has 270 valence electrons. The normalized spacial score (nSPS) is 11.8. The fourth-order valence-electron chi connectivity index (χ4n) is 8.50. The van der Waals surface area contributed by atoms with E-state index in [1.165, 1.54) is 41.9 Å². The minimum Gasteiger partial charge on any atom is -0.456 e. The highest BCUT2D eigenvalue weighted by Crippen LogP contribution is 2.46. The van der Waals surface area contributed by atoms with Crippen molar-refractivity contribution in [3.8, 4) is 56.3 Å². The predicted octanol–water partition coefficient (Wildman–Crippen LogP) is 14.8. The highest BCUT2D eigenvalue weighted by atomic mass is 32.1. The van der Waals surface area contributed by atoms with E-state index in [0.29, 0.717) is 5.82 Å². The molecule has 0 amide bonds. The zero-order chi connectivity index (χ0) is 38.2. The number of hydrogen-bond donors (Lipinski definition) is 0. The summed E-state index contributed by atoms with van der Waals surface area (Å²) in [7, 11) is 0. The molecule has 4 nitrogen and oxygen atoms in total. The summed E-state index contributed by atoms with van der Waals surface area (Å²) in [6, 6.07) is 65.9. The van der Waals surface area contributed by atoms with Crippen LogP contribution in [0.25, 0.3) is 120 Å². The van der Waals surface area contributed by atoms with Gasteiger partial charge in [-0.3, -0.25) is 0 Å². The van der Waals surface area contributed by atoms with Crippen molar-refractivity contribution in [2.45, 2.75) is 0 Å². The molecule has 4 aromatic heterocycles. The molecule has 5 heteroatoms. The lowest BCUT2D eigenvalue weighted by molar-refractivity contribution is 0.669. The summed E-state index contributed by atoms with van der Waals surface area (Å²) in [5.74, 6) is 0.683. The molecule has 12 rings (SSSR count). The van der Waals surface area contributed by atoms with Crippen molar-refractivity contribution in [2.75, 3.05) is 0 Å². The molecule has 0 aliphatic rings. The molecule has 0 saturated heterocycles. The molecule has 0 saturated carbocycles. The van der Waals surface area contributed by atoms with Crippen LogP contribution in [0.4, 0.5) is 0 Å². The van der Waals surface area contributed by atoms with Crippen molar-refractivity contribution in [1.29, 1.82) is 0 Å². The number of aromatic nitrogens is 3. The second-order valence-corrected chi connectivity index (χ2v) is 15.7. The van der Waals surface area contributed by atoms with Gasteiger partial charge < -0.3 is 4.42 Å². The number of benzene rings is 8. The number of rotatable bonds is 5. The van der Waals surface area contributed by atoms with Crippen LogP contribution in [0.1, 0.15) is 0 Å². The van der Waals surface area contributed by atoms with Crippen molar-refractivity contribution in [3.05, 3.63) is 188 Å². The van der Waals surface area contributed by atoms with Gasteiger partial charge in [0.25, 0.3) is 0 Å². The Morgan fingerprint density at radius 3 is 1.79 bits per heavy atom. The molecular formula is C53H31N3OS. The van der Waals surface area contributed by atoms with Crippen LogP contribution < -0.4 is 0 Å². The third kappa shape index (κ3) is 5.25. The summed E-state index contributed by atoms with van der Waals surface area (Å²) in [5.41, 5.74) is 11.9. The van der Waals surface area contributed by atoms with Crippen LogP contribution >= 0.6 is 11.3 Å². The fraction of sp³-hybridized carbons (Fsp3) is 0. The minimum absolute atomic E-state index is 0.683. The summed E-state index contributed by atoms with van der Waals surface area (Å²) in [6.45, 7) is 0. The van der Waals surface area contributed by atoms with Gasteiger partial charge in [-0.25, -0.2) is 15.0 Å². The molecule has 0 unspecified atom stereocenters. The lowest BCUT2D eigenvalue weighted by atomic mass is 9.97. The Morgan fingerprint density at radius 1 is 0.362 bits per heavy atom. The number of para-hydroxylation sites is 2. The van der Waals surface area contributed by atoms with E-state index in [9.17, 15) is 0 Å². The fourth-order valence-corrected chi connectivity index (χ4v) is 9.90. The number of pyridine rings is 1. The van der Waals surface area contributed by atoms with Crippen molar-refractivity contribution in [2.24, 2.45) is 0 Å². The Balaban J connectivity index is 0.987. The van der Waals surface area contributed by atoms with Crippen LogP contribution in [0.2, 0.25) is 0 Å². The maximum Gasteiger partial charge on any atom is 0.160 e. The maximum absolute atomic E-state index is 6.27. The highest BCUT2D eigenvalue weighted by Gasteiger charge is 2.18. The molecule has 8 aromatic carbocycles. The molecule has 12 aromatic rings. The van der Waals surface area contributed by atoms with E-state index >= 15 is 0 Å². The number of nitrogens with zero attached hydrogens (tertiary/aromatic N) is 3. The van der Waals surface area contributed by atoms with Crippen molar-refractivity contribution in [3.63, 3.8) is 0 Å². The SMILES string of the molecule is c1ccc(-c2nc(-c3ccc(-c4cccc5c4sc4c5ccc5c(-c6ccccc6)nc6ccccc6c54)cc3)cc(-c3ccc4c(c3)oc3ccccc34)n2)cc1. The van der Waals surface area contributed by atoms with Crippen molar-refractivity contribution in [1.82, 2.24) is 15.0 Å². The molecule has 0 aliphatic carbocycles. The van der Waals surface area contributed by atoms with Gasteiger partial charge in [-0.1, -0.05) is 158 Å². The minimum atomic E-state index is 0.683. The van der Waals surface area contributed by atoms with E-state index in [2.05, 4.69) is 152 Å². The lowest BCUT2D eigenvalue weighted by Crippen LogP contribution is -1.96. The van der Waals surface area contributed by atoms with E-state index in [0.717, 1.165) is 72.4 Å². The van der Waals surface area contributed by atoms with Gasteiger partial charge >= 0.3 is 0 Å². The van der Waals surface area contributed by atoms with Gasteiger partial charge in [0, 0.05) is 69.4 Å². The van der Waals surface area contributed by atoms with E-state index < -0.39 is 0 Å². The summed E-state index contributed by atoms with van der Waals surface area (Å²) >= 11 is 1.88. The van der Waals surface area contributed by atoms with Crippen molar-refractivity contribution >= 4 is 75.1 Å². The summed E-state index contributed by atoms with van der Waals surface area (Å²) < 4.78 is 8.83. The van der Waals surface area contributed by atoms with Gasteiger partial charge in [-0.2, -0.15) is 0 Å². The van der Waals surface area contributed by atoms with E-state index in [4.69, 9.17) is 19.4 Å². The number of hydrogen-bond acceptors (Lipinski definition) is 5. The maximum atomic E-state index is 6.27. The van der Waals surface area contributed by atoms with Gasteiger partial charge in [0.1, 0.15) is 11.2 Å². The average molecular weight is 758 g/mol. The van der Waals surface area contributed by atoms with Gasteiger partial charge in [0.15, 0.2) is 5.82 Å². The third-order valence-electron chi connectivity index (χ3n) is 11.3. The molecule has 0 atom stereocenters. The van der Waals surface area contributed by atoms with Gasteiger partial charge in [0.2, 0.25) is 0 Å². The van der Waals surface area contributed by atoms with E-state index in [-0.39, 0.29) is 0 Å². The summed E-state index contributed by atoms with van der Waals surface area (Å²) in [5, 5.41) is 8.35. The second kappa shape index (κ2) is 13.1. The highest BCUT2D eigenvalue weighted by molar-refractivity contribution is 7.27. The van der Waals surface area contributed by atoms with Crippen LogP contribution in [-0.2, 0) is 0 Å². The van der Waals surface area contributed by atoms with Gasteiger partial charge in [0.05, 0.1) is 22.6 Å². The van der Waals surface area contributed by atoms with Crippen molar-refractivity contribution < 1.29 is 4.42 Å². The Morgan fingerprint density at radius 2 is 0.966 bits per heavy atom. The van der Waals surface area contributed by atoms with Gasteiger partial charge in [-0.05, 0) is 41.5 Å². The Bertz CT molecular complexity index is 3550. The second-order valence-electron chi connectivity index (χ2n) is 14.7. The number of fused-ring (bicyclic) bond motifs is 10. The summed E-state index contributed by atoms with van der Waals surface area (Å²) in [6.07, 6.45) is 0. The lowest BCUT2D eigenvalue weighted by Gasteiger charge is -2.11. The topological polar surface area (TPSA) is 51.8 Å². The molecule has 0 spiro atoms. The van der Waals surface area contributed by atoms with Crippen LogP contribution in [0.5, 0.6) is 0 Å². The quantitative estimate of drug-likeness (QED) is 0.164. The predicted molar refractivity (Wildman–Crippen MR) is 242 cm³/mol. The molecule has 58 heavy (non-hydrogen) atoms. The molecule has 0 N–H and O–H groups in total. The van der Waals surface area contributed by atoms with Crippen LogP contribution in [-0.4, -0.2) is 15.0 Å². The smallest absolute Gasteiger partial charge is 0.160 e. The first-order chi connectivity index (χ1) is 28.7. The molecule has 0 radical (unpaired) electrons. The first-order valence-electron chi connectivity index (χ1n) is 19.4. The zero-order valence-corrected chi connectivity index (χ0v) is 31.9. The van der Waals surface area contributed by atoms with Crippen LogP contribution in [0.3, 0.4) is 0 Å². The van der Waals surface area contributed by atoms with Crippen LogP contribution in [0, 0.1) is 0 Å². The first kappa shape index (κ1) is 32.7. The summed E-state index contributed by atoms with van der Waals surface area (Å²) in [4.78, 5) is 15.4.